The third-order valence-corrected chi connectivity index (χ3v) is 5.82. The minimum Gasteiger partial charge on any atom is -0.390 e. The second kappa shape index (κ2) is 5.40. The van der Waals surface area contributed by atoms with Gasteiger partial charge in [0.1, 0.15) is 0 Å². The molecule has 0 spiro atoms. The summed E-state index contributed by atoms with van der Waals surface area (Å²) in [5, 5.41) is 11.0. The number of piperidine rings is 2. The van der Waals surface area contributed by atoms with Gasteiger partial charge >= 0.3 is 0 Å². The summed E-state index contributed by atoms with van der Waals surface area (Å²) in [7, 11) is 0. The molecular weight excluding hydrogens is 258 g/mol. The maximum atomic E-state index is 11.0. The molecule has 2 heterocycles. The highest BCUT2D eigenvalue weighted by atomic mass is 16.3. The van der Waals surface area contributed by atoms with E-state index in [1.165, 1.54) is 37.7 Å². The molecule has 0 radical (unpaired) electrons. The number of fused-ring (bicyclic) bond motifs is 2. The van der Waals surface area contributed by atoms with Gasteiger partial charge < -0.3 is 5.11 Å². The Morgan fingerprint density at radius 2 is 1.67 bits per heavy atom. The summed E-state index contributed by atoms with van der Waals surface area (Å²) in [6, 6.07) is 12.0. The van der Waals surface area contributed by atoms with Crippen molar-refractivity contribution in [2.45, 2.75) is 75.6 Å². The van der Waals surface area contributed by atoms with Crippen LogP contribution in [0, 0.1) is 5.92 Å². The Labute approximate surface area is 128 Å². The maximum Gasteiger partial charge on any atom is 0.0680 e. The molecule has 0 aromatic heterocycles. The highest BCUT2D eigenvalue weighted by Gasteiger charge is 2.47. The second-order valence-electron chi connectivity index (χ2n) is 7.68. The van der Waals surface area contributed by atoms with Gasteiger partial charge in [-0.05, 0) is 43.6 Å². The van der Waals surface area contributed by atoms with E-state index in [2.05, 4.69) is 35.2 Å². The SMILES string of the molecule is OC1(CC2CC2)CC2CCCC(C1)N2Cc1ccccc1. The van der Waals surface area contributed by atoms with Gasteiger partial charge in [0.2, 0.25) is 0 Å². The predicted octanol–water partition coefficient (Wildman–Crippen LogP) is 3.73. The van der Waals surface area contributed by atoms with Gasteiger partial charge in [-0.1, -0.05) is 49.6 Å². The molecule has 2 aliphatic heterocycles. The molecule has 4 rings (SSSR count). The zero-order valence-electron chi connectivity index (χ0n) is 12.9. The first kappa shape index (κ1) is 13.8. The van der Waals surface area contributed by atoms with Gasteiger partial charge in [-0.15, -0.1) is 0 Å². The Balaban J connectivity index is 1.48. The molecule has 3 aliphatic rings. The van der Waals surface area contributed by atoms with Crippen LogP contribution >= 0.6 is 0 Å². The molecule has 1 aromatic carbocycles. The summed E-state index contributed by atoms with van der Waals surface area (Å²) in [6.07, 6.45) is 9.68. The van der Waals surface area contributed by atoms with E-state index in [0.717, 1.165) is 31.7 Å². The topological polar surface area (TPSA) is 23.5 Å². The molecule has 2 bridgehead atoms. The van der Waals surface area contributed by atoms with Crippen LogP contribution in [0.3, 0.4) is 0 Å². The van der Waals surface area contributed by atoms with Gasteiger partial charge in [0.25, 0.3) is 0 Å². The summed E-state index contributed by atoms with van der Waals surface area (Å²) in [4.78, 5) is 2.69. The molecule has 114 valence electrons. The van der Waals surface area contributed by atoms with E-state index in [1.54, 1.807) is 0 Å². The number of nitrogens with zero attached hydrogens (tertiary/aromatic N) is 1. The lowest BCUT2D eigenvalue weighted by Gasteiger charge is -2.52. The monoisotopic (exact) mass is 285 g/mol. The van der Waals surface area contributed by atoms with Crippen molar-refractivity contribution in [1.29, 1.82) is 0 Å². The zero-order chi connectivity index (χ0) is 14.3. The van der Waals surface area contributed by atoms with Crippen LogP contribution in [0.4, 0.5) is 0 Å². The lowest BCUT2D eigenvalue weighted by atomic mass is 9.73. The molecule has 1 aliphatic carbocycles. The molecule has 2 unspecified atom stereocenters. The van der Waals surface area contributed by atoms with Gasteiger partial charge in [0.15, 0.2) is 0 Å². The first-order valence-corrected chi connectivity index (χ1v) is 8.74. The summed E-state index contributed by atoms with van der Waals surface area (Å²) in [6.45, 7) is 1.07. The molecule has 21 heavy (non-hydrogen) atoms. The average Bonchev–Trinajstić information content (AvgIpc) is 3.25. The number of hydrogen-bond donors (Lipinski definition) is 1. The van der Waals surface area contributed by atoms with Crippen LogP contribution in [0.2, 0.25) is 0 Å². The lowest BCUT2D eigenvalue weighted by molar-refractivity contribution is -0.101. The molecule has 0 amide bonds. The number of benzene rings is 1. The molecule has 3 fully saturated rings. The standard InChI is InChI=1S/C19H27NO/c21-19(11-15-9-10-15)12-17-7-4-8-18(13-19)20(17)14-16-5-2-1-3-6-16/h1-3,5-6,15,17-18,21H,4,7-14H2. The van der Waals surface area contributed by atoms with Crippen LogP contribution in [0.1, 0.15) is 56.9 Å². The quantitative estimate of drug-likeness (QED) is 0.911. The third-order valence-electron chi connectivity index (χ3n) is 5.82. The fourth-order valence-corrected chi connectivity index (χ4v) is 4.70. The van der Waals surface area contributed by atoms with Crippen LogP contribution in [-0.2, 0) is 6.54 Å². The number of rotatable bonds is 4. The molecule has 1 N–H and O–H groups in total. The zero-order valence-corrected chi connectivity index (χ0v) is 12.9. The minimum atomic E-state index is -0.357. The van der Waals surface area contributed by atoms with E-state index in [0.29, 0.717) is 12.1 Å². The van der Waals surface area contributed by atoms with Crippen molar-refractivity contribution in [3.8, 4) is 0 Å². The highest BCUT2D eigenvalue weighted by Crippen LogP contribution is 2.46. The van der Waals surface area contributed by atoms with E-state index in [9.17, 15) is 5.11 Å². The fourth-order valence-electron chi connectivity index (χ4n) is 4.70. The van der Waals surface area contributed by atoms with Crippen molar-refractivity contribution in [2.24, 2.45) is 5.92 Å². The van der Waals surface area contributed by atoms with Crippen molar-refractivity contribution in [1.82, 2.24) is 4.90 Å². The molecule has 2 atom stereocenters. The normalized spacial score (nSPS) is 36.6. The Hall–Kier alpha value is -0.860. The summed E-state index contributed by atoms with van der Waals surface area (Å²) in [5.41, 5.74) is 1.06. The molecule has 1 saturated carbocycles. The van der Waals surface area contributed by atoms with Gasteiger partial charge in [-0.2, -0.15) is 0 Å². The Morgan fingerprint density at radius 1 is 1.00 bits per heavy atom. The predicted molar refractivity (Wildman–Crippen MR) is 84.9 cm³/mol. The van der Waals surface area contributed by atoms with E-state index in [4.69, 9.17) is 0 Å². The summed E-state index contributed by atoms with van der Waals surface area (Å²) >= 11 is 0. The van der Waals surface area contributed by atoms with Crippen LogP contribution < -0.4 is 0 Å². The smallest absolute Gasteiger partial charge is 0.0680 e. The highest BCUT2D eigenvalue weighted by molar-refractivity contribution is 5.15. The molecular formula is C19H27NO. The van der Waals surface area contributed by atoms with Crippen molar-refractivity contribution in [3.05, 3.63) is 35.9 Å². The van der Waals surface area contributed by atoms with Gasteiger partial charge in [-0.3, -0.25) is 4.90 Å². The van der Waals surface area contributed by atoms with Crippen LogP contribution in [0.25, 0.3) is 0 Å². The lowest BCUT2D eigenvalue weighted by Crippen LogP contribution is -2.57. The van der Waals surface area contributed by atoms with E-state index >= 15 is 0 Å². The van der Waals surface area contributed by atoms with Crippen molar-refractivity contribution in [2.75, 3.05) is 0 Å². The van der Waals surface area contributed by atoms with Gasteiger partial charge in [0, 0.05) is 18.6 Å². The molecule has 1 aromatic rings. The fraction of sp³-hybridized carbons (Fsp3) is 0.684. The number of aliphatic hydroxyl groups is 1. The average molecular weight is 285 g/mol. The van der Waals surface area contributed by atoms with E-state index < -0.39 is 0 Å². The molecule has 2 heteroatoms. The summed E-state index contributed by atoms with van der Waals surface area (Å²) in [5.74, 6) is 0.830. The molecule has 2 nitrogen and oxygen atoms in total. The first-order chi connectivity index (χ1) is 10.2. The van der Waals surface area contributed by atoms with E-state index in [1.807, 2.05) is 0 Å². The largest absolute Gasteiger partial charge is 0.390 e. The van der Waals surface area contributed by atoms with Crippen molar-refractivity contribution >= 4 is 0 Å². The molecule has 2 saturated heterocycles. The maximum absolute atomic E-state index is 11.0. The van der Waals surface area contributed by atoms with Crippen LogP contribution in [0.5, 0.6) is 0 Å². The Bertz CT molecular complexity index is 468. The Kier molecular flexibility index (Phi) is 3.55. The van der Waals surface area contributed by atoms with Crippen molar-refractivity contribution < 1.29 is 5.11 Å². The third kappa shape index (κ3) is 3.02. The van der Waals surface area contributed by atoms with Crippen molar-refractivity contribution in [3.63, 3.8) is 0 Å². The Morgan fingerprint density at radius 3 is 2.29 bits per heavy atom. The van der Waals surface area contributed by atoms with Gasteiger partial charge in [-0.25, -0.2) is 0 Å². The van der Waals surface area contributed by atoms with Crippen LogP contribution in [-0.4, -0.2) is 27.7 Å². The van der Waals surface area contributed by atoms with Crippen LogP contribution in [0.15, 0.2) is 30.3 Å². The number of hydrogen-bond acceptors (Lipinski definition) is 2. The minimum absolute atomic E-state index is 0.357. The van der Waals surface area contributed by atoms with Gasteiger partial charge in [0.05, 0.1) is 5.60 Å². The summed E-state index contributed by atoms with van der Waals surface area (Å²) < 4.78 is 0. The first-order valence-electron chi connectivity index (χ1n) is 8.74. The second-order valence-corrected chi connectivity index (χ2v) is 7.68. The van der Waals surface area contributed by atoms with E-state index in [-0.39, 0.29) is 5.60 Å².